The third-order valence-corrected chi connectivity index (χ3v) is 2.33. The standard InChI is InChI=1S/C12H22N4O/c1-10(2)9-16(8-4-6-13)12-14-7-5-11(15-12)17-3/h5,7,10H,4,6,8-9,13H2,1-3H3. The number of nitrogens with two attached hydrogens (primary N) is 1. The van der Waals surface area contributed by atoms with Crippen molar-refractivity contribution in [3.63, 3.8) is 0 Å². The number of methoxy groups -OCH3 is 1. The second-order valence-electron chi connectivity index (χ2n) is 4.38. The van der Waals surface area contributed by atoms with E-state index in [0.717, 1.165) is 19.5 Å². The van der Waals surface area contributed by atoms with E-state index >= 15 is 0 Å². The molecule has 2 N–H and O–H groups in total. The highest BCUT2D eigenvalue weighted by Gasteiger charge is 2.11. The zero-order valence-corrected chi connectivity index (χ0v) is 10.9. The third kappa shape index (κ3) is 4.56. The van der Waals surface area contributed by atoms with Crippen LogP contribution in [0.15, 0.2) is 12.3 Å². The molecule has 0 radical (unpaired) electrons. The van der Waals surface area contributed by atoms with E-state index in [1.165, 1.54) is 0 Å². The van der Waals surface area contributed by atoms with Crippen LogP contribution in [0.2, 0.25) is 0 Å². The maximum atomic E-state index is 5.55. The molecule has 1 heterocycles. The molecule has 1 aromatic rings. The summed E-state index contributed by atoms with van der Waals surface area (Å²) >= 11 is 0. The molecule has 0 aliphatic carbocycles. The molecule has 17 heavy (non-hydrogen) atoms. The second kappa shape index (κ2) is 7.06. The molecule has 0 aromatic carbocycles. The lowest BCUT2D eigenvalue weighted by Crippen LogP contribution is -2.31. The van der Waals surface area contributed by atoms with Crippen molar-refractivity contribution in [1.82, 2.24) is 9.97 Å². The zero-order valence-electron chi connectivity index (χ0n) is 10.9. The number of ether oxygens (including phenoxy) is 1. The average molecular weight is 238 g/mol. The summed E-state index contributed by atoms with van der Waals surface area (Å²) < 4.78 is 5.11. The van der Waals surface area contributed by atoms with Crippen LogP contribution in [0.1, 0.15) is 20.3 Å². The van der Waals surface area contributed by atoms with Crippen molar-refractivity contribution < 1.29 is 4.74 Å². The van der Waals surface area contributed by atoms with Gasteiger partial charge in [-0.25, -0.2) is 4.98 Å². The van der Waals surface area contributed by atoms with Crippen molar-refractivity contribution in [2.75, 3.05) is 31.6 Å². The first-order chi connectivity index (χ1) is 8.17. The first kappa shape index (κ1) is 13.7. The predicted octanol–water partition coefficient (Wildman–Crippen LogP) is 1.30. The number of rotatable bonds is 7. The lowest BCUT2D eigenvalue weighted by molar-refractivity contribution is 0.396. The van der Waals surface area contributed by atoms with Crippen LogP contribution in [0.5, 0.6) is 5.88 Å². The lowest BCUT2D eigenvalue weighted by Gasteiger charge is -2.24. The molecule has 0 bridgehead atoms. The molecule has 0 fully saturated rings. The Labute approximate surface area is 103 Å². The highest BCUT2D eigenvalue weighted by Crippen LogP contribution is 2.14. The van der Waals surface area contributed by atoms with Crippen molar-refractivity contribution in [2.24, 2.45) is 11.7 Å². The van der Waals surface area contributed by atoms with E-state index in [9.17, 15) is 0 Å². The normalized spacial score (nSPS) is 10.6. The van der Waals surface area contributed by atoms with Crippen LogP contribution in [0, 0.1) is 5.92 Å². The fourth-order valence-electron chi connectivity index (χ4n) is 1.59. The van der Waals surface area contributed by atoms with Gasteiger partial charge < -0.3 is 15.4 Å². The molecule has 5 nitrogen and oxygen atoms in total. The molecule has 0 saturated heterocycles. The fraction of sp³-hybridized carbons (Fsp3) is 0.667. The summed E-state index contributed by atoms with van der Waals surface area (Å²) in [4.78, 5) is 10.8. The maximum absolute atomic E-state index is 5.55. The molecule has 1 aromatic heterocycles. The predicted molar refractivity (Wildman–Crippen MR) is 69.3 cm³/mol. The van der Waals surface area contributed by atoms with E-state index in [4.69, 9.17) is 10.5 Å². The van der Waals surface area contributed by atoms with Gasteiger partial charge in [0.2, 0.25) is 11.8 Å². The van der Waals surface area contributed by atoms with Crippen molar-refractivity contribution in [3.05, 3.63) is 12.3 Å². The van der Waals surface area contributed by atoms with Gasteiger partial charge in [0, 0.05) is 25.4 Å². The number of aromatic nitrogens is 2. The van der Waals surface area contributed by atoms with E-state index in [0.29, 0.717) is 24.3 Å². The molecule has 1 rings (SSSR count). The molecule has 0 amide bonds. The summed E-state index contributed by atoms with van der Waals surface area (Å²) in [5.74, 6) is 1.87. The minimum Gasteiger partial charge on any atom is -0.481 e. The Balaban J connectivity index is 2.78. The van der Waals surface area contributed by atoms with Gasteiger partial charge in [-0.05, 0) is 18.9 Å². The maximum Gasteiger partial charge on any atom is 0.228 e. The van der Waals surface area contributed by atoms with Crippen molar-refractivity contribution in [2.45, 2.75) is 20.3 Å². The quantitative estimate of drug-likeness (QED) is 0.775. The first-order valence-corrected chi connectivity index (χ1v) is 5.99. The van der Waals surface area contributed by atoms with E-state index in [1.54, 1.807) is 19.4 Å². The Hall–Kier alpha value is -1.36. The first-order valence-electron chi connectivity index (χ1n) is 5.99. The summed E-state index contributed by atoms with van der Waals surface area (Å²) in [6.45, 7) is 6.83. The third-order valence-electron chi connectivity index (χ3n) is 2.33. The molecular weight excluding hydrogens is 216 g/mol. The highest BCUT2D eigenvalue weighted by molar-refractivity contribution is 5.31. The molecule has 0 aliphatic rings. The number of anilines is 1. The van der Waals surface area contributed by atoms with Crippen molar-refractivity contribution >= 4 is 5.95 Å². The van der Waals surface area contributed by atoms with Crippen LogP contribution >= 0.6 is 0 Å². The zero-order chi connectivity index (χ0) is 12.7. The van der Waals surface area contributed by atoms with E-state index in [1.807, 2.05) is 0 Å². The van der Waals surface area contributed by atoms with Gasteiger partial charge in [-0.1, -0.05) is 13.8 Å². The Kier molecular flexibility index (Phi) is 5.69. The van der Waals surface area contributed by atoms with Gasteiger partial charge in [0.05, 0.1) is 7.11 Å². The Morgan fingerprint density at radius 3 is 2.82 bits per heavy atom. The van der Waals surface area contributed by atoms with Gasteiger partial charge in [-0.3, -0.25) is 0 Å². The number of hydrogen-bond acceptors (Lipinski definition) is 5. The topological polar surface area (TPSA) is 64.3 Å². The lowest BCUT2D eigenvalue weighted by atomic mass is 10.2. The largest absolute Gasteiger partial charge is 0.481 e. The Morgan fingerprint density at radius 1 is 1.47 bits per heavy atom. The molecule has 0 aliphatic heterocycles. The smallest absolute Gasteiger partial charge is 0.228 e. The van der Waals surface area contributed by atoms with Crippen LogP contribution in [-0.4, -0.2) is 36.7 Å². The highest BCUT2D eigenvalue weighted by atomic mass is 16.5. The van der Waals surface area contributed by atoms with Gasteiger partial charge >= 0.3 is 0 Å². The molecule has 0 unspecified atom stereocenters. The molecular formula is C12H22N4O. The summed E-state index contributed by atoms with van der Waals surface area (Å²) in [6.07, 6.45) is 2.66. The molecule has 5 heteroatoms. The minimum absolute atomic E-state index is 0.558. The van der Waals surface area contributed by atoms with Crippen LogP contribution in [0.25, 0.3) is 0 Å². The van der Waals surface area contributed by atoms with Gasteiger partial charge in [0.15, 0.2) is 0 Å². The molecule has 96 valence electrons. The average Bonchev–Trinajstić information content (AvgIpc) is 2.34. The second-order valence-corrected chi connectivity index (χ2v) is 4.38. The SMILES string of the molecule is COc1ccnc(N(CCCN)CC(C)C)n1. The number of hydrogen-bond donors (Lipinski definition) is 1. The van der Waals surface area contributed by atoms with Crippen LogP contribution < -0.4 is 15.4 Å². The Bertz CT molecular complexity index is 330. The Morgan fingerprint density at radius 2 is 2.24 bits per heavy atom. The van der Waals surface area contributed by atoms with Crippen LogP contribution in [-0.2, 0) is 0 Å². The number of nitrogens with zero attached hydrogens (tertiary/aromatic N) is 3. The van der Waals surface area contributed by atoms with E-state index < -0.39 is 0 Å². The minimum atomic E-state index is 0.558. The molecule has 0 saturated carbocycles. The molecule has 0 spiro atoms. The van der Waals surface area contributed by atoms with Crippen LogP contribution in [0.4, 0.5) is 5.95 Å². The van der Waals surface area contributed by atoms with Gasteiger partial charge in [0.1, 0.15) is 0 Å². The summed E-state index contributed by atoms with van der Waals surface area (Å²) in [6, 6.07) is 1.75. The summed E-state index contributed by atoms with van der Waals surface area (Å²) in [7, 11) is 1.61. The van der Waals surface area contributed by atoms with E-state index in [-0.39, 0.29) is 0 Å². The van der Waals surface area contributed by atoms with Crippen LogP contribution in [0.3, 0.4) is 0 Å². The van der Waals surface area contributed by atoms with Gasteiger partial charge in [0.25, 0.3) is 0 Å². The molecule has 0 atom stereocenters. The summed E-state index contributed by atoms with van der Waals surface area (Å²) in [5.41, 5.74) is 5.55. The summed E-state index contributed by atoms with van der Waals surface area (Å²) in [5, 5.41) is 0. The van der Waals surface area contributed by atoms with Gasteiger partial charge in [-0.15, -0.1) is 0 Å². The fourth-order valence-corrected chi connectivity index (χ4v) is 1.59. The monoisotopic (exact) mass is 238 g/mol. The van der Waals surface area contributed by atoms with Crippen molar-refractivity contribution in [1.29, 1.82) is 0 Å². The van der Waals surface area contributed by atoms with Gasteiger partial charge in [-0.2, -0.15) is 4.98 Å². The van der Waals surface area contributed by atoms with Crippen molar-refractivity contribution in [3.8, 4) is 5.88 Å². The van der Waals surface area contributed by atoms with E-state index in [2.05, 4.69) is 28.7 Å².